The largest absolute Gasteiger partial charge is 0.326 e. The second-order valence-electron chi connectivity index (χ2n) is 9.59. The standard InChI is InChI=1S/C34H26N4O2S2/c39-32(20-28-8-4-18-41-28)35-26-14-10-23(11-15-26)30-22-31(38-34(37-30)25-6-2-1-3-7-25)24-12-16-27(17-13-24)36-33(40)21-29-9-5-19-42-29/h1-19,22H,20-21H2,(H,35,39)(H,36,40). The molecule has 0 radical (unpaired) electrons. The lowest BCUT2D eigenvalue weighted by atomic mass is 10.1. The third kappa shape index (κ3) is 6.86. The molecule has 0 aliphatic carbocycles. The van der Waals surface area contributed by atoms with Crippen molar-refractivity contribution in [1.82, 2.24) is 9.97 Å². The summed E-state index contributed by atoms with van der Waals surface area (Å²) in [6.45, 7) is 0. The van der Waals surface area contributed by atoms with Gasteiger partial charge in [0, 0.05) is 37.8 Å². The molecule has 2 N–H and O–H groups in total. The van der Waals surface area contributed by atoms with Crippen molar-refractivity contribution in [2.24, 2.45) is 0 Å². The van der Waals surface area contributed by atoms with Crippen LogP contribution in [0.25, 0.3) is 33.9 Å². The van der Waals surface area contributed by atoms with Gasteiger partial charge in [-0.1, -0.05) is 66.7 Å². The maximum absolute atomic E-state index is 12.4. The van der Waals surface area contributed by atoms with Crippen LogP contribution in [0.2, 0.25) is 0 Å². The molecule has 0 atom stereocenters. The van der Waals surface area contributed by atoms with E-state index in [0.717, 1.165) is 49.2 Å². The molecule has 6 aromatic rings. The van der Waals surface area contributed by atoms with Crippen molar-refractivity contribution < 1.29 is 9.59 Å². The average molecular weight is 587 g/mol. The SMILES string of the molecule is O=C(Cc1cccs1)Nc1ccc(-c2cc(-c3ccc(NC(=O)Cc4cccs4)cc3)nc(-c3ccccc3)n2)cc1. The molecule has 42 heavy (non-hydrogen) atoms. The third-order valence-electron chi connectivity index (χ3n) is 6.52. The number of carbonyl (C=O) groups excluding carboxylic acids is 2. The highest BCUT2D eigenvalue weighted by Gasteiger charge is 2.12. The number of rotatable bonds is 9. The van der Waals surface area contributed by atoms with E-state index in [1.807, 2.05) is 120 Å². The smallest absolute Gasteiger partial charge is 0.229 e. The Labute approximate surface area is 251 Å². The van der Waals surface area contributed by atoms with Crippen LogP contribution in [0, 0.1) is 0 Å². The van der Waals surface area contributed by atoms with E-state index >= 15 is 0 Å². The van der Waals surface area contributed by atoms with Crippen LogP contribution in [0.15, 0.2) is 120 Å². The van der Waals surface area contributed by atoms with Crippen LogP contribution >= 0.6 is 22.7 Å². The van der Waals surface area contributed by atoms with Crippen molar-refractivity contribution in [3.63, 3.8) is 0 Å². The lowest BCUT2D eigenvalue weighted by molar-refractivity contribution is -0.116. The quantitative estimate of drug-likeness (QED) is 0.180. The van der Waals surface area contributed by atoms with Crippen LogP contribution in [0.3, 0.4) is 0 Å². The number of benzene rings is 3. The summed E-state index contributed by atoms with van der Waals surface area (Å²) in [6, 6.07) is 35.0. The lowest BCUT2D eigenvalue weighted by Gasteiger charge is -2.11. The Kier molecular flexibility index (Phi) is 8.26. The van der Waals surface area contributed by atoms with Gasteiger partial charge in [-0.3, -0.25) is 9.59 Å². The summed E-state index contributed by atoms with van der Waals surface area (Å²) < 4.78 is 0. The predicted octanol–water partition coefficient (Wildman–Crippen LogP) is 7.96. The normalized spacial score (nSPS) is 10.8. The van der Waals surface area contributed by atoms with Gasteiger partial charge in [-0.05, 0) is 53.2 Å². The number of nitrogens with one attached hydrogen (secondary N) is 2. The molecule has 0 spiro atoms. The molecule has 206 valence electrons. The van der Waals surface area contributed by atoms with Crippen LogP contribution in [-0.4, -0.2) is 21.8 Å². The summed E-state index contributed by atoms with van der Waals surface area (Å²) in [4.78, 5) is 36.7. The molecular formula is C34H26N4O2S2. The number of carbonyl (C=O) groups is 2. The summed E-state index contributed by atoms with van der Waals surface area (Å²) >= 11 is 3.14. The number of amides is 2. The fraction of sp³-hybridized carbons (Fsp3) is 0.0588. The van der Waals surface area contributed by atoms with E-state index < -0.39 is 0 Å². The topological polar surface area (TPSA) is 84.0 Å². The molecule has 0 bridgehead atoms. The molecule has 0 aliphatic rings. The Morgan fingerprint density at radius 1 is 0.548 bits per heavy atom. The Morgan fingerprint density at radius 2 is 1.02 bits per heavy atom. The van der Waals surface area contributed by atoms with E-state index in [0.29, 0.717) is 18.7 Å². The van der Waals surface area contributed by atoms with E-state index in [-0.39, 0.29) is 11.8 Å². The highest BCUT2D eigenvalue weighted by Crippen LogP contribution is 2.29. The second kappa shape index (κ2) is 12.7. The predicted molar refractivity (Wildman–Crippen MR) is 172 cm³/mol. The molecule has 3 aromatic carbocycles. The van der Waals surface area contributed by atoms with Gasteiger partial charge in [-0.15, -0.1) is 22.7 Å². The van der Waals surface area contributed by atoms with Crippen LogP contribution < -0.4 is 10.6 Å². The zero-order chi connectivity index (χ0) is 28.7. The zero-order valence-electron chi connectivity index (χ0n) is 22.5. The second-order valence-corrected chi connectivity index (χ2v) is 11.7. The Morgan fingerprint density at radius 3 is 1.45 bits per heavy atom. The first kappa shape index (κ1) is 27.3. The number of hydrogen-bond donors (Lipinski definition) is 2. The molecule has 2 amide bonds. The van der Waals surface area contributed by atoms with Crippen molar-refractivity contribution in [2.45, 2.75) is 12.8 Å². The van der Waals surface area contributed by atoms with Gasteiger partial charge >= 0.3 is 0 Å². The van der Waals surface area contributed by atoms with Gasteiger partial charge in [-0.25, -0.2) is 9.97 Å². The maximum atomic E-state index is 12.4. The molecule has 0 saturated carbocycles. The van der Waals surface area contributed by atoms with Crippen molar-refractivity contribution >= 4 is 45.9 Å². The fourth-order valence-corrected chi connectivity index (χ4v) is 5.87. The molecular weight excluding hydrogens is 561 g/mol. The monoisotopic (exact) mass is 586 g/mol. The summed E-state index contributed by atoms with van der Waals surface area (Å²) in [5.74, 6) is 0.517. The molecule has 3 aromatic heterocycles. The number of aromatic nitrogens is 2. The van der Waals surface area contributed by atoms with Crippen LogP contribution in [-0.2, 0) is 22.4 Å². The van der Waals surface area contributed by atoms with Crippen LogP contribution in [0.4, 0.5) is 11.4 Å². The van der Waals surface area contributed by atoms with Crippen molar-refractivity contribution in [1.29, 1.82) is 0 Å². The first-order valence-corrected chi connectivity index (χ1v) is 15.1. The Hall–Kier alpha value is -4.92. The van der Waals surface area contributed by atoms with Crippen LogP contribution in [0.5, 0.6) is 0 Å². The van der Waals surface area contributed by atoms with E-state index in [2.05, 4.69) is 10.6 Å². The molecule has 0 fully saturated rings. The summed E-state index contributed by atoms with van der Waals surface area (Å²) in [5, 5.41) is 9.88. The molecule has 0 unspecified atom stereocenters. The fourth-order valence-electron chi connectivity index (χ4n) is 4.46. The minimum atomic E-state index is -0.0490. The molecule has 6 rings (SSSR count). The summed E-state index contributed by atoms with van der Waals surface area (Å²) in [5.41, 5.74) is 5.72. The van der Waals surface area contributed by atoms with Crippen molar-refractivity contribution in [3.8, 4) is 33.9 Å². The number of thiophene rings is 2. The van der Waals surface area contributed by atoms with Crippen molar-refractivity contribution in [2.75, 3.05) is 10.6 Å². The average Bonchev–Trinajstić information content (AvgIpc) is 3.73. The zero-order valence-corrected chi connectivity index (χ0v) is 24.1. The maximum Gasteiger partial charge on any atom is 0.229 e. The van der Waals surface area contributed by atoms with Gasteiger partial charge in [0.25, 0.3) is 0 Å². The molecule has 3 heterocycles. The molecule has 0 aliphatic heterocycles. The molecule has 8 heteroatoms. The summed E-state index contributed by atoms with van der Waals surface area (Å²) in [7, 11) is 0. The third-order valence-corrected chi connectivity index (χ3v) is 8.27. The number of anilines is 2. The molecule has 6 nitrogen and oxygen atoms in total. The van der Waals surface area contributed by atoms with Gasteiger partial charge in [0.05, 0.1) is 24.2 Å². The van der Waals surface area contributed by atoms with Gasteiger partial charge in [-0.2, -0.15) is 0 Å². The first-order chi connectivity index (χ1) is 20.6. The Balaban J connectivity index is 1.24. The van der Waals surface area contributed by atoms with Gasteiger partial charge < -0.3 is 10.6 Å². The van der Waals surface area contributed by atoms with Gasteiger partial charge in [0.15, 0.2) is 5.82 Å². The number of nitrogens with zero attached hydrogens (tertiary/aromatic N) is 2. The van der Waals surface area contributed by atoms with Crippen molar-refractivity contribution in [3.05, 3.63) is 130 Å². The van der Waals surface area contributed by atoms with Gasteiger partial charge in [0.1, 0.15) is 0 Å². The highest BCUT2D eigenvalue weighted by atomic mass is 32.1. The van der Waals surface area contributed by atoms with Gasteiger partial charge in [0.2, 0.25) is 11.8 Å². The summed E-state index contributed by atoms with van der Waals surface area (Å²) in [6.07, 6.45) is 0.707. The number of hydrogen-bond acceptors (Lipinski definition) is 6. The minimum absolute atomic E-state index is 0.0490. The lowest BCUT2D eigenvalue weighted by Crippen LogP contribution is -2.13. The first-order valence-electron chi connectivity index (χ1n) is 13.4. The van der Waals surface area contributed by atoms with Crippen LogP contribution in [0.1, 0.15) is 9.75 Å². The highest BCUT2D eigenvalue weighted by molar-refractivity contribution is 7.10. The van der Waals surface area contributed by atoms with E-state index in [9.17, 15) is 9.59 Å². The van der Waals surface area contributed by atoms with E-state index in [1.165, 1.54) is 0 Å². The van der Waals surface area contributed by atoms with E-state index in [4.69, 9.17) is 9.97 Å². The Bertz CT molecular complexity index is 1670. The van der Waals surface area contributed by atoms with E-state index in [1.54, 1.807) is 22.7 Å². The minimum Gasteiger partial charge on any atom is -0.326 e. The molecule has 0 saturated heterocycles.